The first kappa shape index (κ1) is 9.84. The lowest BCUT2D eigenvalue weighted by atomic mass is 9.70. The molecule has 0 amide bonds. The molecule has 3 nitrogen and oxygen atoms in total. The van der Waals surface area contributed by atoms with Gasteiger partial charge in [-0.15, -0.1) is 0 Å². The van der Waals surface area contributed by atoms with Gasteiger partial charge in [0.15, 0.2) is 0 Å². The summed E-state index contributed by atoms with van der Waals surface area (Å²) in [5, 5.41) is 8.13. The van der Waals surface area contributed by atoms with Gasteiger partial charge in [-0.25, -0.2) is 0 Å². The van der Waals surface area contributed by atoms with E-state index >= 15 is 0 Å². The van der Waals surface area contributed by atoms with Gasteiger partial charge in [0.25, 0.3) is 0 Å². The van der Waals surface area contributed by atoms with Crippen molar-refractivity contribution in [3.8, 4) is 0 Å². The molecule has 0 aromatic carbocycles. The Bertz CT molecular complexity index is 328. The molecule has 2 rings (SSSR count). The van der Waals surface area contributed by atoms with Crippen LogP contribution in [-0.4, -0.2) is 16.3 Å². The molecule has 0 spiro atoms. The smallest absolute Gasteiger partial charge is 0.149 e. The maximum absolute atomic E-state index is 6.04. The lowest BCUT2D eigenvalue weighted by Gasteiger charge is -2.38. The van der Waals surface area contributed by atoms with Crippen molar-refractivity contribution in [2.45, 2.75) is 26.2 Å². The van der Waals surface area contributed by atoms with Crippen LogP contribution in [0.1, 0.15) is 26.2 Å². The highest BCUT2D eigenvalue weighted by atomic mass is 35.5. The molecule has 0 bridgehead atoms. The molecule has 0 aliphatic heterocycles. The molecule has 1 heterocycles. The Morgan fingerprint density at radius 2 is 2.36 bits per heavy atom. The molecule has 14 heavy (non-hydrogen) atoms. The summed E-state index contributed by atoms with van der Waals surface area (Å²) >= 11 is 6.04. The van der Waals surface area contributed by atoms with E-state index in [4.69, 9.17) is 11.6 Å². The van der Waals surface area contributed by atoms with E-state index < -0.39 is 0 Å². The predicted molar refractivity (Wildman–Crippen MR) is 58.7 cm³/mol. The summed E-state index contributed by atoms with van der Waals surface area (Å²) < 4.78 is 1.67. The fourth-order valence-electron chi connectivity index (χ4n) is 1.81. The van der Waals surface area contributed by atoms with E-state index in [1.807, 2.05) is 7.05 Å². The Morgan fingerprint density at radius 1 is 1.64 bits per heavy atom. The van der Waals surface area contributed by atoms with E-state index in [1.54, 1.807) is 10.9 Å². The van der Waals surface area contributed by atoms with Gasteiger partial charge in [0.05, 0.1) is 11.9 Å². The SMILES string of the molecule is Cn1ncc(NCC2(C)CCC2)c1Cl. The largest absolute Gasteiger partial charge is 0.381 e. The monoisotopic (exact) mass is 213 g/mol. The number of hydrogen-bond donors (Lipinski definition) is 1. The second-order valence-corrected chi connectivity index (χ2v) is 4.85. The van der Waals surface area contributed by atoms with Crippen molar-refractivity contribution < 1.29 is 0 Å². The van der Waals surface area contributed by atoms with Crippen LogP contribution in [0.25, 0.3) is 0 Å². The fourth-order valence-corrected chi connectivity index (χ4v) is 1.97. The van der Waals surface area contributed by atoms with E-state index in [0.29, 0.717) is 10.6 Å². The van der Waals surface area contributed by atoms with Gasteiger partial charge >= 0.3 is 0 Å². The standard InChI is InChI=1S/C10H16ClN3/c1-10(4-3-5-10)7-12-8-6-13-14(2)9(8)11/h6,12H,3-5,7H2,1-2H3. The summed E-state index contributed by atoms with van der Waals surface area (Å²) in [6.45, 7) is 3.31. The maximum Gasteiger partial charge on any atom is 0.149 e. The number of anilines is 1. The normalized spacial score (nSPS) is 19.1. The number of nitrogens with zero attached hydrogens (tertiary/aromatic N) is 2. The van der Waals surface area contributed by atoms with E-state index in [9.17, 15) is 0 Å². The van der Waals surface area contributed by atoms with Gasteiger partial charge < -0.3 is 5.32 Å². The van der Waals surface area contributed by atoms with Crippen LogP contribution in [-0.2, 0) is 7.05 Å². The lowest BCUT2D eigenvalue weighted by molar-refractivity contribution is 0.180. The molecule has 1 aliphatic carbocycles. The van der Waals surface area contributed by atoms with Gasteiger partial charge in [0.1, 0.15) is 5.15 Å². The third-order valence-corrected chi connectivity index (χ3v) is 3.58. The number of rotatable bonds is 3. The van der Waals surface area contributed by atoms with E-state index in [2.05, 4.69) is 17.3 Å². The minimum absolute atomic E-state index is 0.471. The Hall–Kier alpha value is -0.700. The molecule has 1 aromatic heterocycles. The van der Waals surface area contributed by atoms with E-state index in [-0.39, 0.29) is 0 Å². The predicted octanol–water partition coefficient (Wildman–Crippen LogP) is 2.68. The highest BCUT2D eigenvalue weighted by molar-refractivity contribution is 6.32. The van der Waals surface area contributed by atoms with Gasteiger partial charge in [-0.05, 0) is 18.3 Å². The van der Waals surface area contributed by atoms with Crippen molar-refractivity contribution >= 4 is 17.3 Å². The van der Waals surface area contributed by atoms with Crippen molar-refractivity contribution in [3.05, 3.63) is 11.3 Å². The molecule has 0 atom stereocenters. The number of aromatic nitrogens is 2. The summed E-state index contributed by atoms with van der Waals surface area (Å²) in [7, 11) is 1.85. The van der Waals surface area contributed by atoms with Gasteiger partial charge in [0, 0.05) is 13.6 Å². The zero-order valence-electron chi connectivity index (χ0n) is 8.68. The lowest BCUT2D eigenvalue weighted by Crippen LogP contribution is -2.33. The highest BCUT2D eigenvalue weighted by Gasteiger charge is 2.31. The second kappa shape index (κ2) is 3.46. The topological polar surface area (TPSA) is 29.9 Å². The average molecular weight is 214 g/mol. The molecule has 1 aromatic rings. The first-order valence-electron chi connectivity index (χ1n) is 5.02. The molecule has 1 N–H and O–H groups in total. The Balaban J connectivity index is 1.94. The van der Waals surface area contributed by atoms with Crippen LogP contribution in [0.15, 0.2) is 6.20 Å². The van der Waals surface area contributed by atoms with Crippen molar-refractivity contribution in [1.29, 1.82) is 0 Å². The second-order valence-electron chi connectivity index (χ2n) is 4.49. The highest BCUT2D eigenvalue weighted by Crippen LogP contribution is 2.40. The third-order valence-electron chi connectivity index (χ3n) is 3.13. The number of halogens is 1. The third kappa shape index (κ3) is 1.73. The van der Waals surface area contributed by atoms with Crippen LogP contribution in [0.2, 0.25) is 5.15 Å². The summed E-state index contributed by atoms with van der Waals surface area (Å²) in [6.07, 6.45) is 5.78. The minimum atomic E-state index is 0.471. The number of aryl methyl sites for hydroxylation is 1. The summed E-state index contributed by atoms with van der Waals surface area (Å²) in [5.74, 6) is 0. The Kier molecular flexibility index (Phi) is 2.43. The molecule has 0 radical (unpaired) electrons. The number of nitrogens with one attached hydrogen (secondary N) is 1. The molecule has 0 saturated heterocycles. The summed E-state index contributed by atoms with van der Waals surface area (Å²) in [6, 6.07) is 0. The molecule has 4 heteroatoms. The van der Waals surface area contributed by atoms with Gasteiger partial charge in [-0.3, -0.25) is 4.68 Å². The molecule has 1 aliphatic rings. The molecule has 1 fully saturated rings. The number of hydrogen-bond acceptors (Lipinski definition) is 2. The Morgan fingerprint density at radius 3 is 2.79 bits per heavy atom. The van der Waals surface area contributed by atoms with Gasteiger partial charge in [0.2, 0.25) is 0 Å². The van der Waals surface area contributed by atoms with Crippen LogP contribution >= 0.6 is 11.6 Å². The van der Waals surface area contributed by atoms with Crippen LogP contribution < -0.4 is 5.32 Å². The van der Waals surface area contributed by atoms with Crippen molar-refractivity contribution in [1.82, 2.24) is 9.78 Å². The average Bonchev–Trinajstić information content (AvgIpc) is 2.42. The zero-order valence-corrected chi connectivity index (χ0v) is 9.43. The van der Waals surface area contributed by atoms with Crippen LogP contribution in [0.3, 0.4) is 0 Å². The van der Waals surface area contributed by atoms with Crippen LogP contribution in [0.5, 0.6) is 0 Å². The summed E-state index contributed by atoms with van der Waals surface area (Å²) in [4.78, 5) is 0. The molecule has 78 valence electrons. The Labute approximate surface area is 89.4 Å². The van der Waals surface area contributed by atoms with Gasteiger partial charge in [-0.2, -0.15) is 5.10 Å². The molecule has 0 unspecified atom stereocenters. The summed E-state index contributed by atoms with van der Waals surface area (Å²) in [5.41, 5.74) is 1.42. The molecular formula is C10H16ClN3. The maximum atomic E-state index is 6.04. The van der Waals surface area contributed by atoms with Crippen molar-refractivity contribution in [3.63, 3.8) is 0 Å². The van der Waals surface area contributed by atoms with Crippen LogP contribution in [0.4, 0.5) is 5.69 Å². The van der Waals surface area contributed by atoms with E-state index in [0.717, 1.165) is 12.2 Å². The van der Waals surface area contributed by atoms with Crippen molar-refractivity contribution in [2.24, 2.45) is 12.5 Å². The first-order chi connectivity index (χ1) is 6.61. The van der Waals surface area contributed by atoms with Crippen molar-refractivity contribution in [2.75, 3.05) is 11.9 Å². The molecular weight excluding hydrogens is 198 g/mol. The first-order valence-corrected chi connectivity index (χ1v) is 5.40. The zero-order chi connectivity index (χ0) is 10.2. The van der Waals surface area contributed by atoms with E-state index in [1.165, 1.54) is 19.3 Å². The van der Waals surface area contributed by atoms with Crippen LogP contribution in [0, 0.1) is 5.41 Å². The van der Waals surface area contributed by atoms with Gasteiger partial charge in [-0.1, -0.05) is 24.9 Å². The molecule has 1 saturated carbocycles. The fraction of sp³-hybridized carbons (Fsp3) is 0.700. The minimum Gasteiger partial charge on any atom is -0.381 e. The quantitative estimate of drug-likeness (QED) is 0.837.